The van der Waals surface area contributed by atoms with Gasteiger partial charge in [0, 0.05) is 22.2 Å². The fourth-order valence-electron chi connectivity index (χ4n) is 2.46. The van der Waals surface area contributed by atoms with Gasteiger partial charge in [0.2, 0.25) is 5.91 Å². The molecule has 3 amide bonds. The van der Waals surface area contributed by atoms with Gasteiger partial charge in [-0.05, 0) is 23.8 Å². The first-order valence-electron chi connectivity index (χ1n) is 7.74. The fourth-order valence-corrected chi connectivity index (χ4v) is 2.69. The number of nitrogens with two attached hydrogens (primary N) is 1. The molecule has 2 rings (SSSR count). The van der Waals surface area contributed by atoms with E-state index in [1.54, 1.807) is 0 Å². The van der Waals surface area contributed by atoms with Crippen LogP contribution in [0.5, 0.6) is 0 Å². The highest BCUT2D eigenvalue weighted by atomic mass is 35.5. The Morgan fingerprint density at radius 3 is 2.48 bits per heavy atom. The lowest BCUT2D eigenvalue weighted by Crippen LogP contribution is -2.43. The topological polar surface area (TPSA) is 104 Å². The third-order valence-corrected chi connectivity index (χ3v) is 4.10. The number of anilines is 1. The molecule has 2 unspecified atom stereocenters. The number of hydrogen-bond acceptors (Lipinski definition) is 3. The van der Waals surface area contributed by atoms with Crippen LogP contribution in [-0.2, 0) is 0 Å². The number of aliphatic hydroxyl groups excluding tert-OH is 1. The Labute approximate surface area is 151 Å². The third-order valence-electron chi connectivity index (χ3n) is 3.88. The molecule has 0 aromatic heterocycles. The molecule has 0 bridgehead atoms. The van der Waals surface area contributed by atoms with E-state index in [-0.39, 0.29) is 23.1 Å². The molecule has 6 nitrogen and oxygen atoms in total. The zero-order chi connectivity index (χ0) is 18.4. The number of benzene rings is 2. The van der Waals surface area contributed by atoms with Gasteiger partial charge in [-0.2, -0.15) is 0 Å². The standard InChI is InChI=1S/C18H20ClN3O3/c1-11(12-5-3-2-4-6-12)16(10-23)22-18(25)21-15-8-13(17(20)24)7-14(19)9-15/h2-9,11,16,23H,10H2,1H3,(H2,20,24)(H2,21,22,25). The minimum atomic E-state index is -0.642. The molecule has 0 aliphatic heterocycles. The second-order valence-corrected chi connectivity index (χ2v) is 6.12. The van der Waals surface area contributed by atoms with Crippen LogP contribution >= 0.6 is 11.6 Å². The van der Waals surface area contributed by atoms with Crippen molar-refractivity contribution in [2.45, 2.75) is 18.9 Å². The minimum Gasteiger partial charge on any atom is -0.394 e. The Morgan fingerprint density at radius 1 is 1.20 bits per heavy atom. The van der Waals surface area contributed by atoms with Crippen molar-refractivity contribution in [1.82, 2.24) is 5.32 Å². The van der Waals surface area contributed by atoms with E-state index in [0.29, 0.717) is 5.69 Å². The number of urea groups is 1. The molecule has 2 aromatic carbocycles. The van der Waals surface area contributed by atoms with Gasteiger partial charge in [-0.25, -0.2) is 4.79 Å². The highest BCUT2D eigenvalue weighted by Gasteiger charge is 2.20. The first-order chi connectivity index (χ1) is 11.9. The first kappa shape index (κ1) is 18.8. The monoisotopic (exact) mass is 361 g/mol. The summed E-state index contributed by atoms with van der Waals surface area (Å²) in [4.78, 5) is 23.5. The molecule has 0 spiro atoms. The van der Waals surface area contributed by atoms with Crippen molar-refractivity contribution in [1.29, 1.82) is 0 Å². The Balaban J connectivity index is 2.06. The molecule has 7 heteroatoms. The van der Waals surface area contributed by atoms with Crippen LogP contribution in [0, 0.1) is 0 Å². The van der Waals surface area contributed by atoms with Crippen LogP contribution in [0.2, 0.25) is 5.02 Å². The number of primary amides is 1. The van der Waals surface area contributed by atoms with Crippen LogP contribution in [0.4, 0.5) is 10.5 Å². The summed E-state index contributed by atoms with van der Waals surface area (Å²) in [5, 5.41) is 15.2. The van der Waals surface area contributed by atoms with E-state index in [1.165, 1.54) is 18.2 Å². The maximum Gasteiger partial charge on any atom is 0.319 e. The fraction of sp³-hybridized carbons (Fsp3) is 0.222. The highest BCUT2D eigenvalue weighted by molar-refractivity contribution is 6.31. The highest BCUT2D eigenvalue weighted by Crippen LogP contribution is 2.20. The van der Waals surface area contributed by atoms with E-state index >= 15 is 0 Å². The third kappa shape index (κ3) is 5.20. The summed E-state index contributed by atoms with van der Waals surface area (Å²) >= 11 is 5.92. The number of rotatable bonds is 6. The van der Waals surface area contributed by atoms with Crippen molar-refractivity contribution in [3.63, 3.8) is 0 Å². The Morgan fingerprint density at radius 2 is 1.88 bits per heavy atom. The lowest BCUT2D eigenvalue weighted by atomic mass is 9.94. The Hall–Kier alpha value is -2.57. The molecule has 0 radical (unpaired) electrons. The molecular weight excluding hydrogens is 342 g/mol. The maximum atomic E-state index is 12.2. The number of carbonyl (C=O) groups excluding carboxylic acids is 2. The van der Waals surface area contributed by atoms with Crippen molar-refractivity contribution < 1.29 is 14.7 Å². The molecule has 0 heterocycles. The summed E-state index contributed by atoms with van der Waals surface area (Å²) < 4.78 is 0. The van der Waals surface area contributed by atoms with Crippen molar-refractivity contribution in [2.75, 3.05) is 11.9 Å². The lowest BCUT2D eigenvalue weighted by Gasteiger charge is -2.24. The quantitative estimate of drug-likeness (QED) is 0.635. The van der Waals surface area contributed by atoms with Crippen LogP contribution in [0.3, 0.4) is 0 Å². The molecule has 0 aliphatic rings. The predicted molar refractivity (Wildman–Crippen MR) is 97.9 cm³/mol. The minimum absolute atomic E-state index is 0.0857. The molecular formula is C18H20ClN3O3. The summed E-state index contributed by atoms with van der Waals surface area (Å²) in [5.41, 5.74) is 6.76. The van der Waals surface area contributed by atoms with Gasteiger partial charge >= 0.3 is 6.03 Å². The van der Waals surface area contributed by atoms with Crippen LogP contribution in [0.25, 0.3) is 0 Å². The van der Waals surface area contributed by atoms with Crippen LogP contribution in [0.15, 0.2) is 48.5 Å². The van der Waals surface area contributed by atoms with E-state index in [9.17, 15) is 14.7 Å². The summed E-state index contributed by atoms with van der Waals surface area (Å²) in [5.74, 6) is -0.727. The lowest BCUT2D eigenvalue weighted by molar-refractivity contribution is 0.1000. The summed E-state index contributed by atoms with van der Waals surface area (Å²) in [6, 6.07) is 12.9. The van der Waals surface area contributed by atoms with Crippen molar-refractivity contribution in [3.05, 3.63) is 64.7 Å². The van der Waals surface area contributed by atoms with E-state index < -0.39 is 18.0 Å². The van der Waals surface area contributed by atoms with Crippen LogP contribution < -0.4 is 16.4 Å². The average molecular weight is 362 g/mol. The second-order valence-electron chi connectivity index (χ2n) is 5.68. The Kier molecular flexibility index (Phi) is 6.38. The largest absolute Gasteiger partial charge is 0.394 e. The maximum absolute atomic E-state index is 12.2. The molecule has 0 fully saturated rings. The van der Waals surface area contributed by atoms with E-state index in [4.69, 9.17) is 17.3 Å². The smallest absolute Gasteiger partial charge is 0.319 e. The van der Waals surface area contributed by atoms with Crippen LogP contribution in [0.1, 0.15) is 28.8 Å². The van der Waals surface area contributed by atoms with E-state index in [2.05, 4.69) is 10.6 Å². The summed E-state index contributed by atoms with van der Waals surface area (Å²) in [6.07, 6.45) is 0. The number of carbonyl (C=O) groups is 2. The molecule has 0 aliphatic carbocycles. The number of aliphatic hydroxyl groups is 1. The number of nitrogens with one attached hydrogen (secondary N) is 2. The van der Waals surface area contributed by atoms with Gasteiger partial charge in [-0.15, -0.1) is 0 Å². The summed E-state index contributed by atoms with van der Waals surface area (Å²) in [6.45, 7) is 1.70. The normalized spacial score (nSPS) is 12.9. The Bertz CT molecular complexity index is 752. The summed E-state index contributed by atoms with van der Waals surface area (Å²) in [7, 11) is 0. The molecule has 132 valence electrons. The molecule has 5 N–H and O–H groups in total. The number of halogens is 1. The zero-order valence-electron chi connectivity index (χ0n) is 13.7. The van der Waals surface area contributed by atoms with E-state index in [1.807, 2.05) is 37.3 Å². The average Bonchev–Trinajstić information content (AvgIpc) is 2.59. The van der Waals surface area contributed by atoms with Gasteiger partial charge in [0.05, 0.1) is 12.6 Å². The second kappa shape index (κ2) is 8.50. The van der Waals surface area contributed by atoms with Gasteiger partial charge in [-0.3, -0.25) is 4.79 Å². The zero-order valence-corrected chi connectivity index (χ0v) is 14.5. The molecule has 2 atom stereocenters. The van der Waals surface area contributed by atoms with Crippen molar-refractivity contribution >= 4 is 29.2 Å². The molecule has 25 heavy (non-hydrogen) atoms. The molecule has 0 saturated carbocycles. The van der Waals surface area contributed by atoms with Gasteiger partial charge < -0.3 is 21.5 Å². The number of hydrogen-bond donors (Lipinski definition) is 4. The van der Waals surface area contributed by atoms with Crippen LogP contribution in [-0.4, -0.2) is 29.7 Å². The van der Waals surface area contributed by atoms with Crippen molar-refractivity contribution in [2.24, 2.45) is 5.73 Å². The van der Waals surface area contributed by atoms with Crippen molar-refractivity contribution in [3.8, 4) is 0 Å². The number of amides is 3. The molecule has 2 aromatic rings. The first-order valence-corrected chi connectivity index (χ1v) is 8.12. The van der Waals surface area contributed by atoms with Gasteiger partial charge in [-0.1, -0.05) is 48.9 Å². The van der Waals surface area contributed by atoms with Gasteiger partial charge in [0.25, 0.3) is 0 Å². The molecule has 0 saturated heterocycles. The predicted octanol–water partition coefficient (Wildman–Crippen LogP) is 2.72. The van der Waals surface area contributed by atoms with Gasteiger partial charge in [0.15, 0.2) is 0 Å². The van der Waals surface area contributed by atoms with E-state index in [0.717, 1.165) is 5.56 Å². The SMILES string of the molecule is CC(c1ccccc1)C(CO)NC(=O)Nc1cc(Cl)cc(C(N)=O)c1. The van der Waals surface area contributed by atoms with Gasteiger partial charge in [0.1, 0.15) is 0 Å².